The monoisotopic (exact) mass is 439 g/mol. The number of rotatable bonds is 3. The molecule has 1 aliphatic carbocycles. The van der Waals surface area contributed by atoms with E-state index in [4.69, 9.17) is 0 Å². The molecule has 1 aromatic rings. The molecule has 2 atom stereocenters. The quantitative estimate of drug-likeness (QED) is 0.577. The zero-order chi connectivity index (χ0) is 22.8. The van der Waals surface area contributed by atoms with Gasteiger partial charge in [0.25, 0.3) is 6.43 Å². The fraction of sp³-hybridized carbons (Fsp3) is 0.500. The van der Waals surface area contributed by atoms with Crippen LogP contribution in [-0.4, -0.2) is 18.1 Å². The van der Waals surface area contributed by atoms with Gasteiger partial charge in [-0.1, -0.05) is 39.0 Å². The number of fused-ring (bicyclic) bond motifs is 1. The molecule has 1 N–H and O–H groups in total. The summed E-state index contributed by atoms with van der Waals surface area (Å²) >= 11 is 0. The van der Waals surface area contributed by atoms with E-state index in [0.29, 0.717) is 12.1 Å². The van der Waals surface area contributed by atoms with Crippen LogP contribution in [0, 0.1) is 5.41 Å². The summed E-state index contributed by atoms with van der Waals surface area (Å²) < 4.78 is 68.7. The van der Waals surface area contributed by atoms with Gasteiger partial charge < -0.3 is 5.32 Å². The smallest absolute Gasteiger partial charge is 0.362 e. The van der Waals surface area contributed by atoms with Gasteiger partial charge in [0.05, 0.1) is 5.41 Å². The third-order valence-corrected chi connectivity index (χ3v) is 6.30. The summed E-state index contributed by atoms with van der Waals surface area (Å²) in [4.78, 5) is 13.3. The van der Waals surface area contributed by atoms with Crippen LogP contribution in [0.25, 0.3) is 0 Å². The lowest BCUT2D eigenvalue weighted by Crippen LogP contribution is -2.52. The number of carbonyl (C=O) groups is 1. The van der Waals surface area contributed by atoms with Crippen LogP contribution in [-0.2, 0) is 10.2 Å². The SMILES string of the molecule is CC[C@]1(c2cccc(C(F)F)c2)C2=C(CC(C)(C)CC2=O)NC2N=NC(C(F)(F)F)=C21. The van der Waals surface area contributed by atoms with E-state index in [2.05, 4.69) is 15.5 Å². The lowest BCUT2D eigenvalue weighted by Gasteiger charge is -2.48. The first-order valence-corrected chi connectivity index (χ1v) is 10.1. The summed E-state index contributed by atoms with van der Waals surface area (Å²) in [7, 11) is 0. The third-order valence-electron chi connectivity index (χ3n) is 6.30. The maximum atomic E-state index is 13.9. The van der Waals surface area contributed by atoms with E-state index in [0.717, 1.165) is 0 Å². The zero-order valence-corrected chi connectivity index (χ0v) is 17.3. The van der Waals surface area contributed by atoms with Crippen molar-refractivity contribution in [1.29, 1.82) is 0 Å². The van der Waals surface area contributed by atoms with E-state index in [1.165, 1.54) is 24.3 Å². The van der Waals surface area contributed by atoms with E-state index in [1.54, 1.807) is 6.92 Å². The van der Waals surface area contributed by atoms with Gasteiger partial charge in [0.2, 0.25) is 0 Å². The van der Waals surface area contributed by atoms with Crippen molar-refractivity contribution in [1.82, 2.24) is 5.32 Å². The number of nitrogens with zero attached hydrogens (tertiary/aromatic N) is 2. The van der Waals surface area contributed by atoms with E-state index in [1.807, 2.05) is 13.8 Å². The van der Waals surface area contributed by atoms with Gasteiger partial charge in [0.15, 0.2) is 17.6 Å². The van der Waals surface area contributed by atoms with Crippen molar-refractivity contribution in [2.45, 2.75) is 64.2 Å². The second-order valence-electron chi connectivity index (χ2n) is 9.00. The molecule has 0 fully saturated rings. The van der Waals surface area contributed by atoms with E-state index in [9.17, 15) is 26.7 Å². The predicted octanol–water partition coefficient (Wildman–Crippen LogP) is 6.13. The van der Waals surface area contributed by atoms with E-state index >= 15 is 0 Å². The van der Waals surface area contributed by atoms with Crippen LogP contribution in [0.15, 0.2) is 57.0 Å². The lowest BCUT2D eigenvalue weighted by molar-refractivity contribution is -0.119. The maximum Gasteiger partial charge on any atom is 0.435 e. The summed E-state index contributed by atoms with van der Waals surface area (Å²) in [5, 5.41) is 10.2. The molecule has 1 unspecified atom stereocenters. The van der Waals surface area contributed by atoms with Crippen LogP contribution in [0.4, 0.5) is 22.0 Å². The van der Waals surface area contributed by atoms with Gasteiger partial charge in [-0.15, -0.1) is 5.11 Å². The minimum Gasteiger partial charge on any atom is -0.362 e. The molecule has 9 heteroatoms. The number of ketones is 1. The second-order valence-corrected chi connectivity index (χ2v) is 9.00. The minimum absolute atomic E-state index is 0.0722. The predicted molar refractivity (Wildman–Crippen MR) is 103 cm³/mol. The number of alkyl halides is 5. The van der Waals surface area contributed by atoms with Crippen molar-refractivity contribution in [3.8, 4) is 0 Å². The number of hydrogen-bond donors (Lipinski definition) is 1. The molecule has 0 radical (unpaired) electrons. The molecule has 0 spiro atoms. The number of nitrogens with one attached hydrogen (secondary N) is 1. The highest BCUT2D eigenvalue weighted by Gasteiger charge is 2.57. The number of carbonyl (C=O) groups excluding carboxylic acids is 1. The minimum atomic E-state index is -4.80. The summed E-state index contributed by atoms with van der Waals surface area (Å²) in [5.41, 5.74) is -2.66. The van der Waals surface area contributed by atoms with Crippen LogP contribution in [0.1, 0.15) is 57.6 Å². The third kappa shape index (κ3) is 3.29. The second kappa shape index (κ2) is 6.97. The number of Topliss-reactive ketones (excluding diaryl/α,β-unsaturated/α-hetero) is 1. The number of azo groups is 1. The lowest BCUT2D eigenvalue weighted by atomic mass is 9.58. The Bertz CT molecular complexity index is 1040. The molecule has 0 amide bonds. The largest absolute Gasteiger partial charge is 0.435 e. The van der Waals surface area contributed by atoms with E-state index < -0.39 is 35.3 Å². The van der Waals surface area contributed by atoms with Crippen molar-refractivity contribution >= 4 is 5.78 Å². The Morgan fingerprint density at radius 2 is 1.94 bits per heavy atom. The summed E-state index contributed by atoms with van der Waals surface area (Å²) in [5.74, 6) is -0.289. The van der Waals surface area contributed by atoms with Crippen LogP contribution in [0.5, 0.6) is 0 Å². The molecule has 31 heavy (non-hydrogen) atoms. The molecule has 0 bridgehead atoms. The molecule has 3 aliphatic rings. The molecule has 166 valence electrons. The van der Waals surface area contributed by atoms with Gasteiger partial charge in [0.1, 0.15) is 0 Å². The van der Waals surface area contributed by atoms with Crippen LogP contribution in [0.3, 0.4) is 0 Å². The van der Waals surface area contributed by atoms with Gasteiger partial charge in [-0.2, -0.15) is 18.3 Å². The van der Waals surface area contributed by atoms with Crippen molar-refractivity contribution < 1.29 is 26.7 Å². The first-order valence-electron chi connectivity index (χ1n) is 10.1. The Kier molecular flexibility index (Phi) is 4.86. The molecular weight excluding hydrogens is 417 g/mol. The van der Waals surface area contributed by atoms with Crippen LogP contribution < -0.4 is 5.32 Å². The molecule has 0 saturated heterocycles. The Hall–Kier alpha value is -2.58. The number of allylic oxidation sites excluding steroid dienone is 3. The average molecular weight is 439 g/mol. The van der Waals surface area contributed by atoms with E-state index in [-0.39, 0.29) is 40.9 Å². The molecular formula is C22H22F5N3O. The normalized spacial score (nSPS) is 27.5. The Labute approximate surface area is 176 Å². The Morgan fingerprint density at radius 3 is 2.55 bits per heavy atom. The van der Waals surface area contributed by atoms with Gasteiger partial charge in [0, 0.05) is 28.8 Å². The van der Waals surface area contributed by atoms with Gasteiger partial charge in [-0.25, -0.2) is 8.78 Å². The highest BCUT2D eigenvalue weighted by atomic mass is 19.4. The number of halogens is 5. The van der Waals surface area contributed by atoms with Crippen molar-refractivity contribution in [3.63, 3.8) is 0 Å². The van der Waals surface area contributed by atoms with Crippen LogP contribution in [0.2, 0.25) is 0 Å². The molecule has 4 rings (SSSR count). The topological polar surface area (TPSA) is 53.8 Å². The highest BCUT2D eigenvalue weighted by Crippen LogP contribution is 2.56. The van der Waals surface area contributed by atoms with Crippen molar-refractivity contribution in [3.05, 3.63) is 57.9 Å². The highest BCUT2D eigenvalue weighted by molar-refractivity contribution is 6.01. The first kappa shape index (κ1) is 21.6. The molecule has 2 heterocycles. The summed E-state index contributed by atoms with van der Waals surface area (Å²) in [6.07, 6.45) is -8.04. The average Bonchev–Trinajstić information content (AvgIpc) is 3.10. The van der Waals surface area contributed by atoms with Crippen molar-refractivity contribution in [2.75, 3.05) is 0 Å². The number of benzene rings is 1. The zero-order valence-electron chi connectivity index (χ0n) is 17.3. The van der Waals surface area contributed by atoms with Gasteiger partial charge in [-0.05, 0) is 29.9 Å². The maximum absolute atomic E-state index is 13.9. The van der Waals surface area contributed by atoms with Crippen LogP contribution >= 0.6 is 0 Å². The standard InChI is InChI=1S/C22H22F5N3O/c1-4-21(12-7-5-6-11(8-12)18(23)24)15-13(9-20(2,3)10-14(15)31)28-19-16(21)17(29-30-19)22(25,26)27/h5-8,18-19,28H,4,9-10H2,1-3H3/t19?,21-/m0/s1. The fourth-order valence-electron chi connectivity index (χ4n) is 5.15. The molecule has 2 aliphatic heterocycles. The molecule has 1 aromatic carbocycles. The Morgan fingerprint density at radius 1 is 1.23 bits per heavy atom. The number of hydrogen-bond acceptors (Lipinski definition) is 4. The fourth-order valence-corrected chi connectivity index (χ4v) is 5.15. The Balaban J connectivity index is 2.08. The molecule has 0 aromatic heterocycles. The van der Waals surface area contributed by atoms with Crippen molar-refractivity contribution in [2.24, 2.45) is 15.6 Å². The van der Waals surface area contributed by atoms with Gasteiger partial charge >= 0.3 is 6.18 Å². The first-order chi connectivity index (χ1) is 14.4. The van der Waals surface area contributed by atoms with Gasteiger partial charge in [-0.3, -0.25) is 4.79 Å². The summed E-state index contributed by atoms with van der Waals surface area (Å²) in [6.45, 7) is 5.47. The summed E-state index contributed by atoms with van der Waals surface area (Å²) in [6, 6.07) is 5.32. The molecule has 4 nitrogen and oxygen atoms in total. The molecule has 0 saturated carbocycles.